The number of hydrogen-bond acceptors (Lipinski definition) is 1. The Bertz CT molecular complexity index is 534. The van der Waals surface area contributed by atoms with E-state index in [1.54, 1.807) is 6.07 Å². The first-order chi connectivity index (χ1) is 8.39. The standard InChI is InChI=1S/C12H9F4NO/c13-9-4-3-7(12(14,15)16)6-8(9)11(18)10-2-1-5-17-10/h1-6,11,17-18H. The van der Waals surface area contributed by atoms with Gasteiger partial charge in [-0.1, -0.05) is 0 Å². The van der Waals surface area contributed by atoms with E-state index in [0.717, 1.165) is 0 Å². The number of alkyl halides is 3. The molecule has 0 saturated heterocycles. The van der Waals surface area contributed by atoms with Crippen molar-refractivity contribution in [1.82, 2.24) is 4.98 Å². The van der Waals surface area contributed by atoms with Crippen LogP contribution in [0.1, 0.15) is 22.9 Å². The summed E-state index contributed by atoms with van der Waals surface area (Å²) in [5, 5.41) is 9.81. The van der Waals surface area contributed by atoms with Gasteiger partial charge in [0.1, 0.15) is 11.9 Å². The number of halogens is 4. The van der Waals surface area contributed by atoms with Crippen LogP contribution in [0.4, 0.5) is 17.6 Å². The normalized spacial score (nSPS) is 13.6. The number of hydrogen-bond donors (Lipinski definition) is 2. The molecule has 0 spiro atoms. The van der Waals surface area contributed by atoms with Crippen LogP contribution in [-0.4, -0.2) is 10.1 Å². The molecule has 2 N–H and O–H groups in total. The van der Waals surface area contributed by atoms with Gasteiger partial charge in [0.15, 0.2) is 0 Å². The minimum atomic E-state index is -4.57. The monoisotopic (exact) mass is 259 g/mol. The SMILES string of the molecule is OC(c1ccc[nH]1)c1cc(C(F)(F)F)ccc1F. The second kappa shape index (κ2) is 4.45. The molecule has 0 aliphatic carbocycles. The molecule has 2 rings (SSSR count). The quantitative estimate of drug-likeness (QED) is 0.798. The largest absolute Gasteiger partial charge is 0.416 e. The summed E-state index contributed by atoms with van der Waals surface area (Å²) in [5.41, 5.74) is -1.18. The lowest BCUT2D eigenvalue weighted by Crippen LogP contribution is -2.09. The topological polar surface area (TPSA) is 36.0 Å². The number of rotatable bonds is 2. The third-order valence-electron chi connectivity index (χ3n) is 2.53. The molecular formula is C12H9F4NO. The minimum absolute atomic E-state index is 0.230. The Hall–Kier alpha value is -1.82. The van der Waals surface area contributed by atoms with Gasteiger partial charge in [-0.25, -0.2) is 4.39 Å². The molecule has 0 fully saturated rings. The van der Waals surface area contributed by atoms with Gasteiger partial charge in [-0.05, 0) is 30.3 Å². The van der Waals surface area contributed by atoms with Crippen molar-refractivity contribution in [3.05, 3.63) is 59.2 Å². The van der Waals surface area contributed by atoms with Crippen LogP contribution in [0.3, 0.4) is 0 Å². The summed E-state index contributed by atoms with van der Waals surface area (Å²) in [6, 6.07) is 4.97. The third kappa shape index (κ3) is 2.38. The van der Waals surface area contributed by atoms with Crippen LogP contribution < -0.4 is 0 Å². The number of nitrogens with one attached hydrogen (secondary N) is 1. The molecule has 1 unspecified atom stereocenters. The molecule has 6 heteroatoms. The van der Waals surface area contributed by atoms with Crippen molar-refractivity contribution in [2.24, 2.45) is 0 Å². The lowest BCUT2D eigenvalue weighted by Gasteiger charge is -2.13. The highest BCUT2D eigenvalue weighted by Gasteiger charge is 2.32. The van der Waals surface area contributed by atoms with E-state index in [9.17, 15) is 22.7 Å². The van der Waals surface area contributed by atoms with E-state index in [-0.39, 0.29) is 5.69 Å². The number of H-pyrrole nitrogens is 1. The first-order valence-electron chi connectivity index (χ1n) is 5.07. The summed E-state index contributed by atoms with van der Waals surface area (Å²) >= 11 is 0. The fourth-order valence-electron chi connectivity index (χ4n) is 1.61. The highest BCUT2D eigenvalue weighted by atomic mass is 19.4. The maximum absolute atomic E-state index is 13.5. The van der Waals surface area contributed by atoms with Crippen molar-refractivity contribution in [1.29, 1.82) is 0 Å². The van der Waals surface area contributed by atoms with Gasteiger partial charge in [0.2, 0.25) is 0 Å². The zero-order chi connectivity index (χ0) is 13.3. The van der Waals surface area contributed by atoms with Gasteiger partial charge in [0, 0.05) is 17.5 Å². The van der Waals surface area contributed by atoms with Crippen LogP contribution in [0, 0.1) is 5.82 Å². The Morgan fingerprint density at radius 1 is 1.17 bits per heavy atom. The van der Waals surface area contributed by atoms with Crippen LogP contribution in [0.2, 0.25) is 0 Å². The highest BCUT2D eigenvalue weighted by molar-refractivity contribution is 5.32. The van der Waals surface area contributed by atoms with Crippen molar-refractivity contribution >= 4 is 0 Å². The van der Waals surface area contributed by atoms with Crippen molar-refractivity contribution in [3.63, 3.8) is 0 Å². The van der Waals surface area contributed by atoms with Crippen LogP contribution in [0.25, 0.3) is 0 Å². The minimum Gasteiger partial charge on any atom is -0.382 e. The predicted octanol–water partition coefficient (Wildman–Crippen LogP) is 3.25. The second-order valence-electron chi connectivity index (χ2n) is 3.76. The van der Waals surface area contributed by atoms with Gasteiger partial charge in [-0.2, -0.15) is 13.2 Å². The Kier molecular flexibility index (Phi) is 3.13. The van der Waals surface area contributed by atoms with Gasteiger partial charge in [-0.3, -0.25) is 0 Å². The Morgan fingerprint density at radius 2 is 1.89 bits per heavy atom. The molecular weight excluding hydrogens is 250 g/mol. The van der Waals surface area contributed by atoms with Crippen molar-refractivity contribution < 1.29 is 22.7 Å². The van der Waals surface area contributed by atoms with Crippen LogP contribution >= 0.6 is 0 Å². The van der Waals surface area contributed by atoms with Gasteiger partial charge in [0.25, 0.3) is 0 Å². The second-order valence-corrected chi connectivity index (χ2v) is 3.76. The number of aromatic nitrogens is 1. The first-order valence-corrected chi connectivity index (χ1v) is 5.07. The molecule has 1 aromatic heterocycles. The molecule has 1 atom stereocenters. The first kappa shape index (κ1) is 12.6. The Balaban J connectivity index is 2.44. The van der Waals surface area contributed by atoms with E-state index in [1.165, 1.54) is 12.3 Å². The smallest absolute Gasteiger partial charge is 0.382 e. The molecule has 18 heavy (non-hydrogen) atoms. The maximum atomic E-state index is 13.5. The number of aliphatic hydroxyl groups is 1. The van der Waals surface area contributed by atoms with Crippen molar-refractivity contribution in [2.75, 3.05) is 0 Å². The van der Waals surface area contributed by atoms with E-state index in [2.05, 4.69) is 4.98 Å². The summed E-state index contributed by atoms with van der Waals surface area (Å²) in [4.78, 5) is 2.62. The van der Waals surface area contributed by atoms with E-state index in [1.807, 2.05) is 0 Å². The number of benzene rings is 1. The molecule has 0 radical (unpaired) electrons. The van der Waals surface area contributed by atoms with E-state index >= 15 is 0 Å². The van der Waals surface area contributed by atoms with E-state index in [0.29, 0.717) is 18.2 Å². The summed E-state index contributed by atoms with van der Waals surface area (Å²) in [6.45, 7) is 0. The van der Waals surface area contributed by atoms with Gasteiger partial charge >= 0.3 is 6.18 Å². The van der Waals surface area contributed by atoms with Crippen molar-refractivity contribution in [3.8, 4) is 0 Å². The predicted molar refractivity (Wildman–Crippen MR) is 56.3 cm³/mol. The number of aromatic amines is 1. The average Bonchev–Trinajstić information content (AvgIpc) is 2.80. The highest BCUT2D eigenvalue weighted by Crippen LogP contribution is 2.33. The maximum Gasteiger partial charge on any atom is 0.416 e. The molecule has 0 amide bonds. The lowest BCUT2D eigenvalue weighted by molar-refractivity contribution is -0.137. The Labute approximate surface area is 99.9 Å². The summed E-state index contributed by atoms with van der Waals surface area (Å²) in [5.74, 6) is -0.884. The van der Waals surface area contributed by atoms with E-state index in [4.69, 9.17) is 0 Å². The zero-order valence-electron chi connectivity index (χ0n) is 9.00. The molecule has 2 nitrogen and oxygen atoms in total. The zero-order valence-corrected chi connectivity index (χ0v) is 9.00. The van der Waals surface area contributed by atoms with E-state index < -0.39 is 29.2 Å². The Morgan fingerprint density at radius 3 is 2.44 bits per heavy atom. The van der Waals surface area contributed by atoms with Gasteiger partial charge < -0.3 is 10.1 Å². The van der Waals surface area contributed by atoms with Crippen LogP contribution in [-0.2, 0) is 6.18 Å². The molecule has 0 aliphatic heterocycles. The van der Waals surface area contributed by atoms with Crippen molar-refractivity contribution in [2.45, 2.75) is 12.3 Å². The fourth-order valence-corrected chi connectivity index (χ4v) is 1.61. The molecule has 2 aromatic rings. The molecule has 0 bridgehead atoms. The summed E-state index contributed by atoms with van der Waals surface area (Å²) in [6.07, 6.45) is -4.54. The molecule has 96 valence electrons. The molecule has 1 aromatic carbocycles. The van der Waals surface area contributed by atoms with Gasteiger partial charge in [0.05, 0.1) is 5.56 Å². The van der Waals surface area contributed by atoms with Gasteiger partial charge in [-0.15, -0.1) is 0 Å². The number of aliphatic hydroxyl groups excluding tert-OH is 1. The van der Waals surface area contributed by atoms with Crippen LogP contribution in [0.15, 0.2) is 36.5 Å². The summed E-state index contributed by atoms with van der Waals surface area (Å²) < 4.78 is 50.9. The molecule has 0 aliphatic rings. The summed E-state index contributed by atoms with van der Waals surface area (Å²) in [7, 11) is 0. The lowest BCUT2D eigenvalue weighted by atomic mass is 10.0. The molecule has 1 heterocycles. The average molecular weight is 259 g/mol. The fraction of sp³-hybridized carbons (Fsp3) is 0.167. The van der Waals surface area contributed by atoms with Crippen LogP contribution in [0.5, 0.6) is 0 Å². The third-order valence-corrected chi connectivity index (χ3v) is 2.53. The molecule has 0 saturated carbocycles.